The van der Waals surface area contributed by atoms with E-state index < -0.39 is 0 Å². The molecular weight excluding hydrogens is 292 g/mol. The zero-order valence-electron chi connectivity index (χ0n) is 12.3. The summed E-state index contributed by atoms with van der Waals surface area (Å²) in [5.74, 6) is 1.83. The second-order valence-corrected chi connectivity index (χ2v) is 6.25. The Labute approximate surface area is 133 Å². The van der Waals surface area contributed by atoms with Crippen LogP contribution in [-0.2, 0) is 6.67 Å². The summed E-state index contributed by atoms with van der Waals surface area (Å²) in [5, 5.41) is 9.71. The molecule has 1 aliphatic rings. The van der Waals surface area contributed by atoms with Crippen LogP contribution in [0.5, 0.6) is 0 Å². The highest BCUT2D eigenvalue weighted by Crippen LogP contribution is 2.32. The van der Waals surface area contributed by atoms with Crippen molar-refractivity contribution in [2.24, 2.45) is 0 Å². The monoisotopic (exact) mass is 308 g/mol. The van der Waals surface area contributed by atoms with E-state index in [2.05, 4.69) is 63.0 Å². The van der Waals surface area contributed by atoms with Gasteiger partial charge < -0.3 is 4.90 Å². The lowest BCUT2D eigenvalue weighted by Crippen LogP contribution is -2.31. The molecule has 2 aromatic carbocycles. The Morgan fingerprint density at radius 1 is 0.955 bits per heavy atom. The molecule has 0 N–H and O–H groups in total. The van der Waals surface area contributed by atoms with Gasteiger partial charge in [0.05, 0.1) is 12.5 Å². The molecule has 0 radical (unpaired) electrons. The summed E-state index contributed by atoms with van der Waals surface area (Å²) < 4.78 is 2.19. The van der Waals surface area contributed by atoms with E-state index in [9.17, 15) is 0 Å². The fraction of sp³-hybridized carbons (Fsp3) is 0.176. The molecule has 4 rings (SSSR count). The topological polar surface area (TPSA) is 34.0 Å². The van der Waals surface area contributed by atoms with E-state index in [1.807, 2.05) is 18.2 Å². The van der Waals surface area contributed by atoms with Crippen LogP contribution in [0, 0.1) is 6.92 Å². The van der Waals surface area contributed by atoms with Crippen molar-refractivity contribution >= 4 is 17.4 Å². The zero-order chi connectivity index (χ0) is 14.9. The number of para-hydroxylation sites is 1. The van der Waals surface area contributed by atoms with E-state index in [0.717, 1.165) is 29.1 Å². The van der Waals surface area contributed by atoms with E-state index in [1.165, 1.54) is 11.3 Å². The van der Waals surface area contributed by atoms with Crippen LogP contribution >= 0.6 is 11.8 Å². The Morgan fingerprint density at radius 3 is 2.55 bits per heavy atom. The zero-order valence-corrected chi connectivity index (χ0v) is 13.1. The van der Waals surface area contributed by atoms with Gasteiger partial charge in [-0.15, -0.1) is 10.2 Å². The number of hydrogen-bond donors (Lipinski definition) is 0. The Hall–Kier alpha value is -2.27. The third-order valence-electron chi connectivity index (χ3n) is 3.87. The third-order valence-corrected chi connectivity index (χ3v) is 4.87. The van der Waals surface area contributed by atoms with Crippen LogP contribution in [0.3, 0.4) is 0 Å². The molecule has 22 heavy (non-hydrogen) atoms. The maximum absolute atomic E-state index is 4.38. The SMILES string of the molecule is Cc1ccccc1N1CSc2nnc(-c3ccccc3)n2C1. The number of anilines is 1. The average molecular weight is 308 g/mol. The molecule has 0 saturated heterocycles. The predicted octanol–water partition coefficient (Wildman–Crippen LogP) is 3.78. The number of benzene rings is 2. The molecule has 0 fully saturated rings. The van der Waals surface area contributed by atoms with Crippen LogP contribution in [0.2, 0.25) is 0 Å². The molecule has 1 aliphatic heterocycles. The molecule has 0 spiro atoms. The Kier molecular flexibility index (Phi) is 3.35. The maximum Gasteiger partial charge on any atom is 0.194 e. The standard InChI is InChI=1S/C17H16N4S/c1-13-7-5-6-10-15(13)20-11-21-16(14-8-3-2-4-9-14)18-19-17(21)22-12-20/h2-10H,11-12H2,1H3. The number of hydrogen-bond acceptors (Lipinski definition) is 4. The van der Waals surface area contributed by atoms with Gasteiger partial charge in [-0.3, -0.25) is 4.57 Å². The fourth-order valence-electron chi connectivity index (χ4n) is 2.73. The second-order valence-electron chi connectivity index (χ2n) is 5.34. The Bertz CT molecular complexity index is 797. The third kappa shape index (κ3) is 2.27. The van der Waals surface area contributed by atoms with Crippen LogP contribution in [-0.4, -0.2) is 20.6 Å². The van der Waals surface area contributed by atoms with Crippen molar-refractivity contribution < 1.29 is 0 Å². The Morgan fingerprint density at radius 2 is 1.73 bits per heavy atom. The summed E-state index contributed by atoms with van der Waals surface area (Å²) in [5.41, 5.74) is 3.67. The molecule has 0 atom stereocenters. The molecule has 0 bridgehead atoms. The first-order chi connectivity index (χ1) is 10.8. The normalized spacial score (nSPS) is 14.0. The summed E-state index contributed by atoms with van der Waals surface area (Å²) in [6.45, 7) is 2.93. The van der Waals surface area contributed by atoms with Crippen molar-refractivity contribution in [1.82, 2.24) is 14.8 Å². The van der Waals surface area contributed by atoms with Gasteiger partial charge in [0.15, 0.2) is 11.0 Å². The number of aryl methyl sites for hydroxylation is 1. The van der Waals surface area contributed by atoms with Gasteiger partial charge in [0, 0.05) is 11.3 Å². The molecule has 0 unspecified atom stereocenters. The average Bonchev–Trinajstić information content (AvgIpc) is 2.99. The first-order valence-electron chi connectivity index (χ1n) is 7.25. The molecule has 0 aliphatic carbocycles. The van der Waals surface area contributed by atoms with Crippen LogP contribution in [0.1, 0.15) is 5.56 Å². The van der Waals surface area contributed by atoms with Crippen molar-refractivity contribution in [3.05, 3.63) is 60.2 Å². The molecular formula is C17H16N4S. The summed E-state index contributed by atoms with van der Waals surface area (Å²) in [7, 11) is 0. The number of rotatable bonds is 2. The van der Waals surface area contributed by atoms with E-state index in [4.69, 9.17) is 0 Å². The number of nitrogens with zero attached hydrogens (tertiary/aromatic N) is 4. The minimum absolute atomic E-state index is 0.782. The van der Waals surface area contributed by atoms with Gasteiger partial charge in [-0.25, -0.2) is 0 Å². The van der Waals surface area contributed by atoms with Crippen molar-refractivity contribution in [2.75, 3.05) is 10.8 Å². The fourth-order valence-corrected chi connectivity index (χ4v) is 3.63. The van der Waals surface area contributed by atoms with Crippen molar-refractivity contribution in [1.29, 1.82) is 0 Å². The van der Waals surface area contributed by atoms with Crippen molar-refractivity contribution in [3.8, 4) is 11.4 Å². The summed E-state index contributed by atoms with van der Waals surface area (Å²) in [4.78, 5) is 2.36. The summed E-state index contributed by atoms with van der Waals surface area (Å²) in [6.07, 6.45) is 0. The summed E-state index contributed by atoms with van der Waals surface area (Å²) in [6, 6.07) is 18.7. The van der Waals surface area contributed by atoms with Crippen LogP contribution in [0.15, 0.2) is 59.8 Å². The largest absolute Gasteiger partial charge is 0.343 e. The molecule has 0 saturated carbocycles. The van der Waals surface area contributed by atoms with E-state index in [0.29, 0.717) is 0 Å². The second kappa shape index (κ2) is 5.50. The highest BCUT2D eigenvalue weighted by atomic mass is 32.2. The minimum Gasteiger partial charge on any atom is -0.343 e. The highest BCUT2D eigenvalue weighted by molar-refractivity contribution is 7.99. The van der Waals surface area contributed by atoms with Gasteiger partial charge in [0.1, 0.15) is 0 Å². The maximum atomic E-state index is 4.38. The molecule has 0 amide bonds. The molecule has 3 aromatic rings. The first kappa shape index (κ1) is 13.4. The van der Waals surface area contributed by atoms with Crippen LogP contribution in [0.4, 0.5) is 5.69 Å². The van der Waals surface area contributed by atoms with Gasteiger partial charge in [-0.05, 0) is 18.6 Å². The summed E-state index contributed by atoms with van der Waals surface area (Å²) >= 11 is 1.73. The van der Waals surface area contributed by atoms with Gasteiger partial charge in [0.2, 0.25) is 0 Å². The lowest BCUT2D eigenvalue weighted by molar-refractivity contribution is 0.607. The highest BCUT2D eigenvalue weighted by Gasteiger charge is 2.23. The van der Waals surface area contributed by atoms with E-state index in [1.54, 1.807) is 11.8 Å². The number of thioether (sulfide) groups is 1. The van der Waals surface area contributed by atoms with Crippen LogP contribution in [0.25, 0.3) is 11.4 Å². The smallest absolute Gasteiger partial charge is 0.194 e. The Balaban J connectivity index is 1.71. The van der Waals surface area contributed by atoms with Gasteiger partial charge in [-0.1, -0.05) is 60.3 Å². The molecule has 1 aromatic heterocycles. The lowest BCUT2D eigenvalue weighted by Gasteiger charge is -2.30. The van der Waals surface area contributed by atoms with Crippen molar-refractivity contribution in [2.45, 2.75) is 18.7 Å². The van der Waals surface area contributed by atoms with Crippen molar-refractivity contribution in [3.63, 3.8) is 0 Å². The van der Waals surface area contributed by atoms with Crippen LogP contribution < -0.4 is 4.90 Å². The molecule has 4 nitrogen and oxygen atoms in total. The van der Waals surface area contributed by atoms with Gasteiger partial charge in [-0.2, -0.15) is 0 Å². The van der Waals surface area contributed by atoms with Gasteiger partial charge in [0.25, 0.3) is 0 Å². The van der Waals surface area contributed by atoms with E-state index >= 15 is 0 Å². The lowest BCUT2D eigenvalue weighted by atomic mass is 10.2. The molecule has 5 heteroatoms. The minimum atomic E-state index is 0.782. The molecule has 2 heterocycles. The number of aromatic nitrogens is 3. The van der Waals surface area contributed by atoms with E-state index in [-0.39, 0.29) is 0 Å². The first-order valence-corrected chi connectivity index (χ1v) is 8.23. The number of fused-ring (bicyclic) bond motifs is 1. The quantitative estimate of drug-likeness (QED) is 0.721. The molecule has 110 valence electrons. The predicted molar refractivity (Wildman–Crippen MR) is 89.8 cm³/mol. The van der Waals surface area contributed by atoms with Gasteiger partial charge >= 0.3 is 0 Å².